The Morgan fingerprint density at radius 3 is 2.30 bits per heavy atom. The van der Waals surface area contributed by atoms with Crippen molar-refractivity contribution >= 4 is 11.8 Å². The van der Waals surface area contributed by atoms with Crippen molar-refractivity contribution in [1.82, 2.24) is 0 Å². The van der Waals surface area contributed by atoms with Gasteiger partial charge in [0, 0.05) is 16.2 Å². The zero-order valence-electron chi connectivity index (χ0n) is 12.1. The number of thioether (sulfide) groups is 1. The zero-order valence-corrected chi connectivity index (χ0v) is 12.9. The first-order valence-corrected chi connectivity index (χ1v) is 7.60. The van der Waals surface area contributed by atoms with E-state index in [2.05, 4.69) is 32.0 Å². The Morgan fingerprint density at radius 2 is 1.70 bits per heavy atom. The third-order valence-electron chi connectivity index (χ3n) is 3.27. The molecule has 2 unspecified atom stereocenters. The third kappa shape index (κ3) is 3.62. The van der Waals surface area contributed by atoms with E-state index in [9.17, 15) is 4.39 Å². The van der Waals surface area contributed by atoms with Crippen LogP contribution in [-0.2, 0) is 0 Å². The molecular formula is C17H20FNS. The average Bonchev–Trinajstić information content (AvgIpc) is 2.40. The Labute approximate surface area is 124 Å². The molecule has 20 heavy (non-hydrogen) atoms. The second-order valence-corrected chi connectivity index (χ2v) is 6.40. The lowest BCUT2D eigenvalue weighted by Gasteiger charge is -2.22. The molecule has 2 aromatic rings. The summed E-state index contributed by atoms with van der Waals surface area (Å²) in [6, 6.07) is 13.0. The fraction of sp³-hybridized carbons (Fsp3) is 0.294. The Balaban J connectivity index is 2.30. The van der Waals surface area contributed by atoms with E-state index in [1.54, 1.807) is 11.8 Å². The van der Waals surface area contributed by atoms with Crippen molar-refractivity contribution in [3.8, 4) is 0 Å². The van der Waals surface area contributed by atoms with Gasteiger partial charge in [0.15, 0.2) is 0 Å². The SMILES string of the molecule is Cc1ccc(C)c(SC(c2ccc(F)cc2)C(C)N)c1. The van der Waals surface area contributed by atoms with Gasteiger partial charge >= 0.3 is 0 Å². The van der Waals surface area contributed by atoms with Gasteiger partial charge in [-0.05, 0) is 50.1 Å². The number of benzene rings is 2. The van der Waals surface area contributed by atoms with E-state index in [1.807, 2.05) is 19.1 Å². The fourth-order valence-corrected chi connectivity index (χ4v) is 3.39. The Morgan fingerprint density at radius 1 is 1.05 bits per heavy atom. The summed E-state index contributed by atoms with van der Waals surface area (Å²) in [5.74, 6) is -0.214. The third-order valence-corrected chi connectivity index (χ3v) is 4.92. The maximum absolute atomic E-state index is 13.1. The predicted octanol–water partition coefficient (Wildman–Crippen LogP) is 4.62. The van der Waals surface area contributed by atoms with Crippen LogP contribution in [0.4, 0.5) is 4.39 Å². The molecule has 3 heteroatoms. The summed E-state index contributed by atoms with van der Waals surface area (Å²) in [6.45, 7) is 6.18. The summed E-state index contributed by atoms with van der Waals surface area (Å²) in [7, 11) is 0. The van der Waals surface area contributed by atoms with Crippen LogP contribution in [0.5, 0.6) is 0 Å². The van der Waals surface area contributed by atoms with Gasteiger partial charge < -0.3 is 5.73 Å². The van der Waals surface area contributed by atoms with E-state index in [-0.39, 0.29) is 17.1 Å². The molecule has 0 amide bonds. The quantitative estimate of drug-likeness (QED) is 0.831. The van der Waals surface area contributed by atoms with Gasteiger partial charge in [0.25, 0.3) is 0 Å². The lowest BCUT2D eigenvalue weighted by molar-refractivity contribution is 0.625. The summed E-state index contributed by atoms with van der Waals surface area (Å²) in [5, 5.41) is 0.121. The summed E-state index contributed by atoms with van der Waals surface area (Å²) in [6.07, 6.45) is 0. The minimum Gasteiger partial charge on any atom is -0.327 e. The van der Waals surface area contributed by atoms with Gasteiger partial charge in [-0.25, -0.2) is 4.39 Å². The van der Waals surface area contributed by atoms with Crippen molar-refractivity contribution in [3.05, 3.63) is 65.0 Å². The normalized spacial score (nSPS) is 14.1. The molecule has 0 radical (unpaired) electrons. The van der Waals surface area contributed by atoms with Crippen LogP contribution in [0.25, 0.3) is 0 Å². The number of aryl methyl sites for hydroxylation is 2. The van der Waals surface area contributed by atoms with Crippen molar-refractivity contribution in [3.63, 3.8) is 0 Å². The number of hydrogen-bond acceptors (Lipinski definition) is 2. The van der Waals surface area contributed by atoms with Crippen LogP contribution in [0, 0.1) is 19.7 Å². The standard InChI is InChI=1S/C17H20FNS/c1-11-4-5-12(2)16(10-11)20-17(13(3)19)14-6-8-15(18)9-7-14/h4-10,13,17H,19H2,1-3H3. The first kappa shape index (κ1) is 15.1. The van der Waals surface area contributed by atoms with Crippen LogP contribution in [0.2, 0.25) is 0 Å². The molecule has 0 bridgehead atoms. The van der Waals surface area contributed by atoms with Gasteiger partial charge in [-0.15, -0.1) is 11.8 Å². The van der Waals surface area contributed by atoms with E-state index in [1.165, 1.54) is 28.2 Å². The van der Waals surface area contributed by atoms with E-state index < -0.39 is 0 Å². The van der Waals surface area contributed by atoms with Crippen LogP contribution in [0.3, 0.4) is 0 Å². The first-order valence-electron chi connectivity index (χ1n) is 6.72. The van der Waals surface area contributed by atoms with Crippen molar-refractivity contribution in [2.75, 3.05) is 0 Å². The highest BCUT2D eigenvalue weighted by Crippen LogP contribution is 2.39. The average molecular weight is 289 g/mol. The lowest BCUT2D eigenvalue weighted by Crippen LogP contribution is -2.22. The van der Waals surface area contributed by atoms with E-state index in [0.717, 1.165) is 5.56 Å². The van der Waals surface area contributed by atoms with Gasteiger partial charge in [0.1, 0.15) is 5.82 Å². The smallest absolute Gasteiger partial charge is 0.123 e. The molecule has 0 saturated heterocycles. The predicted molar refractivity (Wildman–Crippen MR) is 84.6 cm³/mol. The molecular weight excluding hydrogens is 269 g/mol. The molecule has 2 N–H and O–H groups in total. The van der Waals surface area contributed by atoms with E-state index >= 15 is 0 Å². The molecule has 2 atom stereocenters. The Hall–Kier alpha value is -1.32. The van der Waals surface area contributed by atoms with Gasteiger partial charge in [-0.2, -0.15) is 0 Å². The van der Waals surface area contributed by atoms with Gasteiger partial charge in [0.05, 0.1) is 0 Å². The van der Waals surface area contributed by atoms with Crippen LogP contribution in [-0.4, -0.2) is 6.04 Å². The minimum atomic E-state index is -0.214. The van der Waals surface area contributed by atoms with Crippen molar-refractivity contribution in [1.29, 1.82) is 0 Å². The monoisotopic (exact) mass is 289 g/mol. The first-order chi connectivity index (χ1) is 9.47. The summed E-state index contributed by atoms with van der Waals surface area (Å²) < 4.78 is 13.1. The Bertz CT molecular complexity index is 578. The molecule has 0 saturated carbocycles. The fourth-order valence-electron chi connectivity index (χ4n) is 2.10. The molecule has 0 aromatic heterocycles. The van der Waals surface area contributed by atoms with Gasteiger partial charge in [-0.1, -0.05) is 29.8 Å². The van der Waals surface area contributed by atoms with Crippen molar-refractivity contribution < 1.29 is 4.39 Å². The molecule has 0 fully saturated rings. The van der Waals surface area contributed by atoms with Gasteiger partial charge in [-0.3, -0.25) is 0 Å². The van der Waals surface area contributed by atoms with Crippen LogP contribution < -0.4 is 5.73 Å². The second kappa shape index (κ2) is 6.42. The summed E-state index contributed by atoms with van der Waals surface area (Å²) in [5.41, 5.74) is 9.67. The van der Waals surface area contributed by atoms with E-state index in [4.69, 9.17) is 5.73 Å². The highest BCUT2D eigenvalue weighted by atomic mass is 32.2. The number of halogens is 1. The molecule has 2 aromatic carbocycles. The molecule has 0 spiro atoms. The largest absolute Gasteiger partial charge is 0.327 e. The highest BCUT2D eigenvalue weighted by Gasteiger charge is 2.18. The minimum absolute atomic E-state index is 0.00891. The lowest BCUT2D eigenvalue weighted by atomic mass is 10.1. The van der Waals surface area contributed by atoms with Crippen LogP contribution in [0.1, 0.15) is 28.9 Å². The molecule has 0 aliphatic rings. The number of hydrogen-bond donors (Lipinski definition) is 1. The zero-order chi connectivity index (χ0) is 14.7. The van der Waals surface area contributed by atoms with Gasteiger partial charge in [0.2, 0.25) is 0 Å². The van der Waals surface area contributed by atoms with Crippen LogP contribution in [0.15, 0.2) is 47.4 Å². The topological polar surface area (TPSA) is 26.0 Å². The van der Waals surface area contributed by atoms with E-state index in [0.29, 0.717) is 0 Å². The molecule has 106 valence electrons. The summed E-state index contributed by atoms with van der Waals surface area (Å²) >= 11 is 1.75. The Kier molecular flexibility index (Phi) is 4.84. The number of nitrogens with two attached hydrogens (primary N) is 1. The molecule has 2 rings (SSSR count). The molecule has 0 heterocycles. The maximum Gasteiger partial charge on any atom is 0.123 e. The summed E-state index contributed by atoms with van der Waals surface area (Å²) in [4.78, 5) is 1.23. The van der Waals surface area contributed by atoms with Crippen molar-refractivity contribution in [2.24, 2.45) is 5.73 Å². The van der Waals surface area contributed by atoms with Crippen LogP contribution >= 0.6 is 11.8 Å². The maximum atomic E-state index is 13.1. The highest BCUT2D eigenvalue weighted by molar-refractivity contribution is 7.99. The molecule has 1 nitrogen and oxygen atoms in total. The second-order valence-electron chi connectivity index (χ2n) is 5.22. The number of rotatable bonds is 4. The molecule has 0 aliphatic carbocycles. The molecule has 0 aliphatic heterocycles. The van der Waals surface area contributed by atoms with Crippen molar-refractivity contribution in [2.45, 2.75) is 37.0 Å².